The third-order valence-corrected chi connectivity index (χ3v) is 5.58. The maximum absolute atomic E-state index is 9.92. The van der Waals surface area contributed by atoms with Crippen molar-refractivity contribution in [3.05, 3.63) is 83.4 Å². The summed E-state index contributed by atoms with van der Waals surface area (Å²) in [5.74, 6) is 0. The third kappa shape index (κ3) is 2.94. The summed E-state index contributed by atoms with van der Waals surface area (Å²) in [4.78, 5) is 0. The van der Waals surface area contributed by atoms with Gasteiger partial charge in [-0.1, -0.05) is 79.2 Å². The molecule has 0 saturated carbocycles. The molecular weight excluding hydrogens is 308 g/mol. The lowest BCUT2D eigenvalue weighted by Crippen LogP contribution is -2.67. The van der Waals surface area contributed by atoms with Crippen LogP contribution in [0.2, 0.25) is 0 Å². The van der Waals surface area contributed by atoms with E-state index >= 15 is 0 Å². The molecule has 1 saturated heterocycles. The zero-order chi connectivity index (χ0) is 17.9. The Labute approximate surface area is 151 Å². The summed E-state index contributed by atoms with van der Waals surface area (Å²) >= 11 is 0. The lowest BCUT2D eigenvalue weighted by molar-refractivity contribution is -0.313. The van der Waals surface area contributed by atoms with E-state index in [0.29, 0.717) is 0 Å². The largest absolute Gasteiger partial charge is 0.394 e. The molecule has 0 aromatic heterocycles. The van der Waals surface area contributed by atoms with Crippen LogP contribution < -0.4 is 0 Å². The SMILES string of the molecule is CC(C)=CCCC1(C)C(CO)OC1(c1ccccc1)c1ccccc1. The Balaban J connectivity index is 2.09. The third-order valence-electron chi connectivity index (χ3n) is 5.58. The highest BCUT2D eigenvalue weighted by Crippen LogP contribution is 2.62. The van der Waals surface area contributed by atoms with Crippen LogP contribution in [0.5, 0.6) is 0 Å². The fourth-order valence-electron chi connectivity index (χ4n) is 4.19. The molecule has 0 spiro atoms. The van der Waals surface area contributed by atoms with Gasteiger partial charge in [-0.15, -0.1) is 0 Å². The Morgan fingerprint density at radius 1 is 1.00 bits per heavy atom. The molecule has 2 atom stereocenters. The number of aliphatic hydroxyl groups excluding tert-OH is 1. The standard InChI is InChI=1S/C23H28O2/c1-18(2)11-10-16-22(3)21(17-24)25-23(22,19-12-6-4-7-13-19)20-14-8-5-9-15-20/h4-9,11-15,21,24H,10,16-17H2,1-3H3. The zero-order valence-electron chi connectivity index (χ0n) is 15.4. The summed E-state index contributed by atoms with van der Waals surface area (Å²) in [6, 6.07) is 20.9. The molecule has 2 aromatic carbocycles. The Hall–Kier alpha value is -1.90. The lowest BCUT2D eigenvalue weighted by atomic mass is 9.56. The molecule has 25 heavy (non-hydrogen) atoms. The zero-order valence-corrected chi connectivity index (χ0v) is 15.4. The van der Waals surface area contributed by atoms with E-state index < -0.39 is 5.60 Å². The Kier molecular flexibility index (Phi) is 5.12. The Morgan fingerprint density at radius 2 is 1.52 bits per heavy atom. The molecule has 1 aliphatic heterocycles. The van der Waals surface area contributed by atoms with Gasteiger partial charge < -0.3 is 9.84 Å². The van der Waals surface area contributed by atoms with Gasteiger partial charge in [-0.25, -0.2) is 0 Å². The smallest absolute Gasteiger partial charge is 0.126 e. The molecule has 0 bridgehead atoms. The molecule has 0 aliphatic carbocycles. The number of hydrogen-bond acceptors (Lipinski definition) is 2. The summed E-state index contributed by atoms with van der Waals surface area (Å²) in [6.45, 7) is 6.57. The number of ether oxygens (including phenoxy) is 1. The second-order valence-corrected chi connectivity index (χ2v) is 7.44. The summed E-state index contributed by atoms with van der Waals surface area (Å²) < 4.78 is 6.45. The Morgan fingerprint density at radius 3 is 1.96 bits per heavy atom. The van der Waals surface area contributed by atoms with Crippen molar-refractivity contribution in [1.29, 1.82) is 0 Å². The summed E-state index contributed by atoms with van der Waals surface area (Å²) in [5.41, 5.74) is 2.96. The number of rotatable bonds is 6. The van der Waals surface area contributed by atoms with Crippen molar-refractivity contribution >= 4 is 0 Å². The highest BCUT2D eigenvalue weighted by Gasteiger charge is 2.65. The van der Waals surface area contributed by atoms with Crippen LogP contribution in [-0.4, -0.2) is 17.8 Å². The van der Waals surface area contributed by atoms with Crippen molar-refractivity contribution in [1.82, 2.24) is 0 Å². The molecular formula is C23H28O2. The average molecular weight is 336 g/mol. The molecule has 0 radical (unpaired) electrons. The molecule has 0 amide bonds. The molecule has 132 valence electrons. The van der Waals surface area contributed by atoms with Crippen LogP contribution in [0.1, 0.15) is 44.7 Å². The van der Waals surface area contributed by atoms with Gasteiger partial charge in [0.05, 0.1) is 12.7 Å². The Bertz CT molecular complexity index is 677. The minimum Gasteiger partial charge on any atom is -0.394 e. The van der Waals surface area contributed by atoms with Crippen LogP contribution >= 0.6 is 0 Å². The first-order chi connectivity index (χ1) is 12.0. The quantitative estimate of drug-likeness (QED) is 0.746. The van der Waals surface area contributed by atoms with E-state index in [9.17, 15) is 5.11 Å². The lowest BCUT2D eigenvalue weighted by Gasteiger charge is -2.63. The molecule has 3 rings (SSSR count). The first-order valence-electron chi connectivity index (χ1n) is 9.07. The first kappa shape index (κ1) is 17.9. The van der Waals surface area contributed by atoms with Gasteiger partial charge in [-0.05, 0) is 37.8 Å². The first-order valence-corrected chi connectivity index (χ1v) is 9.07. The number of allylic oxidation sites excluding steroid dienone is 2. The predicted molar refractivity (Wildman–Crippen MR) is 102 cm³/mol. The van der Waals surface area contributed by atoms with E-state index in [1.165, 1.54) is 5.57 Å². The van der Waals surface area contributed by atoms with Crippen molar-refractivity contribution in [3.8, 4) is 0 Å². The van der Waals surface area contributed by atoms with Crippen molar-refractivity contribution in [2.45, 2.75) is 45.3 Å². The van der Waals surface area contributed by atoms with Gasteiger partial charge in [0.1, 0.15) is 5.60 Å². The van der Waals surface area contributed by atoms with Crippen molar-refractivity contribution in [2.75, 3.05) is 6.61 Å². The molecule has 1 fully saturated rings. The van der Waals surface area contributed by atoms with Crippen molar-refractivity contribution < 1.29 is 9.84 Å². The van der Waals surface area contributed by atoms with Crippen LogP contribution in [0.4, 0.5) is 0 Å². The van der Waals surface area contributed by atoms with Crippen LogP contribution in [0.3, 0.4) is 0 Å². The van der Waals surface area contributed by atoms with Crippen LogP contribution in [0.25, 0.3) is 0 Å². The van der Waals surface area contributed by atoms with Gasteiger partial charge in [-0.2, -0.15) is 0 Å². The van der Waals surface area contributed by atoms with Gasteiger partial charge in [0.2, 0.25) is 0 Å². The molecule has 1 heterocycles. The van der Waals surface area contributed by atoms with E-state index in [1.54, 1.807) is 0 Å². The molecule has 2 heteroatoms. The van der Waals surface area contributed by atoms with Gasteiger partial charge in [0, 0.05) is 5.41 Å². The van der Waals surface area contributed by atoms with Crippen LogP contribution in [-0.2, 0) is 10.3 Å². The topological polar surface area (TPSA) is 29.5 Å². The fourth-order valence-corrected chi connectivity index (χ4v) is 4.19. The van der Waals surface area contributed by atoms with Gasteiger partial charge in [0.25, 0.3) is 0 Å². The van der Waals surface area contributed by atoms with Gasteiger partial charge in [-0.3, -0.25) is 0 Å². The van der Waals surface area contributed by atoms with E-state index in [0.717, 1.165) is 24.0 Å². The minimum atomic E-state index is -0.515. The molecule has 1 N–H and O–H groups in total. The second kappa shape index (κ2) is 7.15. The normalized spacial score (nSPS) is 24.4. The summed E-state index contributed by atoms with van der Waals surface area (Å²) in [5, 5.41) is 9.92. The summed E-state index contributed by atoms with van der Waals surface area (Å²) in [6.07, 6.45) is 4.07. The molecule has 1 aliphatic rings. The van der Waals surface area contributed by atoms with E-state index in [2.05, 4.69) is 75.4 Å². The second-order valence-electron chi connectivity index (χ2n) is 7.44. The maximum atomic E-state index is 9.92. The van der Waals surface area contributed by atoms with Gasteiger partial charge >= 0.3 is 0 Å². The van der Waals surface area contributed by atoms with Crippen molar-refractivity contribution in [2.24, 2.45) is 5.41 Å². The van der Waals surface area contributed by atoms with Crippen molar-refractivity contribution in [3.63, 3.8) is 0 Å². The van der Waals surface area contributed by atoms with Gasteiger partial charge in [0.15, 0.2) is 0 Å². The highest BCUT2D eigenvalue weighted by molar-refractivity contribution is 5.43. The average Bonchev–Trinajstić information content (AvgIpc) is 2.63. The van der Waals surface area contributed by atoms with Crippen LogP contribution in [0, 0.1) is 5.41 Å². The van der Waals surface area contributed by atoms with E-state index in [4.69, 9.17) is 4.74 Å². The van der Waals surface area contributed by atoms with E-state index in [-0.39, 0.29) is 18.1 Å². The minimum absolute atomic E-state index is 0.0484. The molecule has 2 aromatic rings. The monoisotopic (exact) mass is 336 g/mol. The highest BCUT2D eigenvalue weighted by atomic mass is 16.6. The maximum Gasteiger partial charge on any atom is 0.126 e. The number of aliphatic hydroxyl groups is 1. The summed E-state index contributed by atoms with van der Waals surface area (Å²) in [7, 11) is 0. The van der Waals surface area contributed by atoms with E-state index in [1.807, 2.05) is 12.1 Å². The number of hydrogen-bond donors (Lipinski definition) is 1. The number of benzene rings is 2. The fraction of sp³-hybridized carbons (Fsp3) is 0.391. The molecule has 2 unspecified atom stereocenters. The molecule has 2 nitrogen and oxygen atoms in total. The van der Waals surface area contributed by atoms with Crippen LogP contribution in [0.15, 0.2) is 72.3 Å². The predicted octanol–water partition coefficient (Wildman–Crippen LogP) is 5.07.